The molecule has 1 heterocycles. The quantitative estimate of drug-likeness (QED) is 0.765. The minimum atomic E-state index is -0.552. The van der Waals surface area contributed by atoms with Crippen LogP contribution in [-0.4, -0.2) is 22.6 Å². The summed E-state index contributed by atoms with van der Waals surface area (Å²) in [6.45, 7) is 2.04. The largest absolute Gasteiger partial charge is 0.364 e. The molecule has 21 heavy (non-hydrogen) atoms. The minimum absolute atomic E-state index is 0.109. The molecule has 0 saturated heterocycles. The molecule has 0 radical (unpaired) electrons. The van der Waals surface area contributed by atoms with Crippen molar-refractivity contribution < 1.29 is 9.59 Å². The maximum absolute atomic E-state index is 11.8. The topological polar surface area (TPSA) is 88.0 Å². The molecule has 0 fully saturated rings. The number of H-pyrrole nitrogens is 1. The Hall–Kier alpha value is -2.21. The van der Waals surface area contributed by atoms with E-state index in [9.17, 15) is 9.59 Å². The number of aromatic amines is 1. The van der Waals surface area contributed by atoms with E-state index < -0.39 is 5.91 Å². The van der Waals surface area contributed by atoms with Crippen LogP contribution < -0.4 is 11.1 Å². The summed E-state index contributed by atoms with van der Waals surface area (Å²) >= 11 is 1.54. The van der Waals surface area contributed by atoms with Gasteiger partial charge >= 0.3 is 0 Å². The van der Waals surface area contributed by atoms with Gasteiger partial charge < -0.3 is 16.0 Å². The number of hydrogen-bond donors (Lipinski definition) is 3. The summed E-state index contributed by atoms with van der Waals surface area (Å²) in [4.78, 5) is 25.4. The molecule has 1 aromatic heterocycles. The van der Waals surface area contributed by atoms with E-state index in [1.54, 1.807) is 18.0 Å². The van der Waals surface area contributed by atoms with Gasteiger partial charge in [0, 0.05) is 11.9 Å². The molecule has 0 atom stereocenters. The highest BCUT2D eigenvalue weighted by molar-refractivity contribution is 7.99. The summed E-state index contributed by atoms with van der Waals surface area (Å²) in [5.74, 6) is 0.479. The van der Waals surface area contributed by atoms with Crippen molar-refractivity contribution in [3.63, 3.8) is 0 Å². The van der Waals surface area contributed by atoms with Gasteiger partial charge in [-0.15, -0.1) is 11.8 Å². The van der Waals surface area contributed by atoms with Crippen molar-refractivity contribution in [3.8, 4) is 0 Å². The zero-order valence-electron chi connectivity index (χ0n) is 11.7. The summed E-state index contributed by atoms with van der Waals surface area (Å²) in [6, 6.07) is 9.73. The highest BCUT2D eigenvalue weighted by Gasteiger charge is 2.07. The second-order valence-electron chi connectivity index (χ2n) is 4.70. The Labute approximate surface area is 127 Å². The molecule has 0 aliphatic carbocycles. The number of primary amides is 1. The zero-order chi connectivity index (χ0) is 15.2. The predicted molar refractivity (Wildman–Crippen MR) is 85.3 cm³/mol. The Bertz CT molecular complexity index is 652. The van der Waals surface area contributed by atoms with E-state index in [1.807, 2.05) is 25.1 Å². The number of nitrogens with one attached hydrogen (secondary N) is 2. The van der Waals surface area contributed by atoms with E-state index in [2.05, 4.69) is 16.4 Å². The Kier molecular flexibility index (Phi) is 5.05. The van der Waals surface area contributed by atoms with Gasteiger partial charge in [-0.1, -0.05) is 29.8 Å². The lowest BCUT2D eigenvalue weighted by Gasteiger charge is -2.04. The van der Waals surface area contributed by atoms with Crippen LogP contribution in [0.3, 0.4) is 0 Å². The molecule has 110 valence electrons. The Morgan fingerprint density at radius 1 is 1.33 bits per heavy atom. The number of aryl methyl sites for hydroxylation is 1. The molecule has 0 spiro atoms. The van der Waals surface area contributed by atoms with Gasteiger partial charge in [0.15, 0.2) is 0 Å². The molecule has 1 aromatic carbocycles. The second-order valence-corrected chi connectivity index (χ2v) is 5.68. The highest BCUT2D eigenvalue weighted by atomic mass is 32.2. The molecular weight excluding hydrogens is 286 g/mol. The Morgan fingerprint density at radius 2 is 2.14 bits per heavy atom. The average Bonchev–Trinajstić information content (AvgIpc) is 2.87. The fraction of sp³-hybridized carbons (Fsp3) is 0.200. The van der Waals surface area contributed by atoms with E-state index in [4.69, 9.17) is 5.73 Å². The van der Waals surface area contributed by atoms with Crippen LogP contribution in [0, 0.1) is 6.92 Å². The summed E-state index contributed by atoms with van der Waals surface area (Å²) < 4.78 is 0. The van der Waals surface area contributed by atoms with E-state index in [0.29, 0.717) is 11.4 Å². The SMILES string of the molecule is Cc1cccc(CSCC(=O)Nc2c[nH]c(C(N)=O)c2)c1. The van der Waals surface area contributed by atoms with Crippen molar-refractivity contribution in [2.45, 2.75) is 12.7 Å². The number of nitrogens with two attached hydrogens (primary N) is 1. The lowest BCUT2D eigenvalue weighted by molar-refractivity contribution is -0.113. The smallest absolute Gasteiger partial charge is 0.265 e. The summed E-state index contributed by atoms with van der Waals surface area (Å²) in [5.41, 5.74) is 8.36. The number of amides is 2. The number of hydrogen-bond acceptors (Lipinski definition) is 3. The van der Waals surface area contributed by atoms with Crippen LogP contribution in [0.15, 0.2) is 36.5 Å². The number of rotatable bonds is 6. The molecular formula is C15H17N3O2S. The Balaban J connectivity index is 1.78. The number of aromatic nitrogens is 1. The van der Waals surface area contributed by atoms with Gasteiger partial charge in [-0.3, -0.25) is 9.59 Å². The summed E-state index contributed by atoms with van der Waals surface area (Å²) in [5, 5.41) is 2.72. The maximum atomic E-state index is 11.8. The van der Waals surface area contributed by atoms with Crippen LogP contribution in [0.2, 0.25) is 0 Å². The highest BCUT2D eigenvalue weighted by Crippen LogP contribution is 2.15. The van der Waals surface area contributed by atoms with E-state index >= 15 is 0 Å². The van der Waals surface area contributed by atoms with Gasteiger partial charge in [-0.05, 0) is 18.6 Å². The molecule has 0 aliphatic heterocycles. The third-order valence-electron chi connectivity index (χ3n) is 2.82. The minimum Gasteiger partial charge on any atom is -0.364 e. The first kappa shape index (κ1) is 15.2. The lowest BCUT2D eigenvalue weighted by atomic mass is 10.2. The van der Waals surface area contributed by atoms with Crippen LogP contribution in [0.5, 0.6) is 0 Å². The second kappa shape index (κ2) is 6.99. The monoisotopic (exact) mass is 303 g/mol. The van der Waals surface area contributed by atoms with Gasteiger partial charge in [0.05, 0.1) is 11.4 Å². The van der Waals surface area contributed by atoms with Crippen LogP contribution >= 0.6 is 11.8 Å². The number of thioether (sulfide) groups is 1. The first-order valence-electron chi connectivity index (χ1n) is 6.46. The first-order chi connectivity index (χ1) is 10.0. The van der Waals surface area contributed by atoms with E-state index in [0.717, 1.165) is 5.75 Å². The third kappa shape index (κ3) is 4.68. The number of anilines is 1. The number of carbonyl (C=O) groups excluding carboxylic acids is 2. The van der Waals surface area contributed by atoms with Gasteiger partial charge in [0.2, 0.25) is 5.91 Å². The molecule has 0 saturated carbocycles. The van der Waals surface area contributed by atoms with Crippen molar-refractivity contribution >= 4 is 29.3 Å². The van der Waals surface area contributed by atoms with Gasteiger partial charge in [-0.2, -0.15) is 0 Å². The average molecular weight is 303 g/mol. The van der Waals surface area contributed by atoms with Crippen molar-refractivity contribution in [1.29, 1.82) is 0 Å². The fourth-order valence-electron chi connectivity index (χ4n) is 1.87. The first-order valence-corrected chi connectivity index (χ1v) is 7.61. The molecule has 5 nitrogen and oxygen atoms in total. The van der Waals surface area contributed by atoms with Crippen molar-refractivity contribution in [2.75, 3.05) is 11.1 Å². The summed E-state index contributed by atoms with van der Waals surface area (Å²) in [6.07, 6.45) is 1.54. The molecule has 6 heteroatoms. The molecule has 0 unspecified atom stereocenters. The van der Waals surface area contributed by atoms with Gasteiger partial charge in [-0.25, -0.2) is 0 Å². The zero-order valence-corrected chi connectivity index (χ0v) is 12.5. The number of carbonyl (C=O) groups is 2. The third-order valence-corrected chi connectivity index (χ3v) is 3.82. The van der Waals surface area contributed by atoms with Crippen molar-refractivity contribution in [1.82, 2.24) is 4.98 Å². The van der Waals surface area contributed by atoms with Crippen LogP contribution in [-0.2, 0) is 10.5 Å². The molecule has 2 aromatic rings. The maximum Gasteiger partial charge on any atom is 0.265 e. The van der Waals surface area contributed by atoms with Crippen LogP contribution in [0.25, 0.3) is 0 Å². The van der Waals surface area contributed by atoms with Crippen molar-refractivity contribution in [3.05, 3.63) is 53.3 Å². The summed E-state index contributed by atoms with van der Waals surface area (Å²) in [7, 11) is 0. The van der Waals surface area contributed by atoms with Crippen molar-refractivity contribution in [2.24, 2.45) is 5.73 Å². The number of benzene rings is 1. The standard InChI is InChI=1S/C15H17N3O2S/c1-10-3-2-4-11(5-10)8-21-9-14(19)18-12-6-13(15(16)20)17-7-12/h2-7,17H,8-9H2,1H3,(H2,16,20)(H,18,19). The van der Waals surface area contributed by atoms with Crippen LogP contribution in [0.1, 0.15) is 21.6 Å². The van der Waals surface area contributed by atoms with Gasteiger partial charge in [0.1, 0.15) is 5.69 Å². The normalized spacial score (nSPS) is 10.3. The Morgan fingerprint density at radius 3 is 2.81 bits per heavy atom. The molecule has 0 aliphatic rings. The molecule has 2 amide bonds. The van der Waals surface area contributed by atoms with Crippen LogP contribution in [0.4, 0.5) is 5.69 Å². The van der Waals surface area contributed by atoms with E-state index in [-0.39, 0.29) is 11.6 Å². The fourth-order valence-corrected chi connectivity index (χ4v) is 2.64. The van der Waals surface area contributed by atoms with Gasteiger partial charge in [0.25, 0.3) is 5.91 Å². The molecule has 0 bridgehead atoms. The predicted octanol–water partition coefficient (Wildman–Crippen LogP) is 2.29. The lowest BCUT2D eigenvalue weighted by Crippen LogP contribution is -2.14. The van der Waals surface area contributed by atoms with E-state index in [1.165, 1.54) is 17.2 Å². The molecule has 2 rings (SSSR count). The molecule has 4 N–H and O–H groups in total.